The average molecular weight is 722 g/mol. The standard InChI is InChI=1S/C19H21FN4O3.C15H12FN3O4S/c1-11(2)14(10-25)22-19-21-9-12-8-16(18(26)24(3)17(12)23-19)27-15-7-5-4-6-13(15)20;1-19-13-9(8-17-15(18-13)24-23-21-2)7-12(14(19)20)22-11-6-4-3-5-10(11)16/h4-9,11,14,25H,10H2,1-3H3,(H,21,22,23);3-8H,1-2H3/t14-;/m1./s1. The molecule has 0 bridgehead atoms. The van der Waals surface area contributed by atoms with E-state index < -0.39 is 22.8 Å². The van der Waals surface area contributed by atoms with Crippen molar-refractivity contribution in [3.8, 4) is 23.0 Å². The molecule has 0 radical (unpaired) electrons. The molecule has 6 rings (SSSR count). The third-order valence-electron chi connectivity index (χ3n) is 7.41. The second-order valence-corrected chi connectivity index (χ2v) is 11.9. The van der Waals surface area contributed by atoms with E-state index in [4.69, 9.17) is 13.8 Å². The first-order valence-electron chi connectivity index (χ1n) is 15.3. The first kappa shape index (κ1) is 36.8. The minimum Gasteiger partial charge on any atom is -0.448 e. The number of anilines is 1. The monoisotopic (exact) mass is 721 g/mol. The first-order chi connectivity index (χ1) is 24.5. The number of para-hydroxylation sites is 2. The zero-order chi connectivity index (χ0) is 36.7. The van der Waals surface area contributed by atoms with E-state index in [2.05, 4.69) is 30.1 Å². The van der Waals surface area contributed by atoms with E-state index >= 15 is 0 Å². The van der Waals surface area contributed by atoms with Gasteiger partial charge in [0.1, 0.15) is 23.3 Å². The van der Waals surface area contributed by atoms with Crippen LogP contribution in [0, 0.1) is 17.6 Å². The largest absolute Gasteiger partial charge is 0.448 e. The Morgan fingerprint density at radius 3 is 1.80 bits per heavy atom. The minimum atomic E-state index is -0.556. The van der Waals surface area contributed by atoms with Gasteiger partial charge >= 0.3 is 0 Å². The molecule has 1 atom stereocenters. The van der Waals surface area contributed by atoms with Gasteiger partial charge in [0.05, 0.1) is 19.8 Å². The number of nitrogens with one attached hydrogen (secondary N) is 1. The van der Waals surface area contributed by atoms with Crippen LogP contribution in [-0.2, 0) is 23.3 Å². The van der Waals surface area contributed by atoms with Crippen LogP contribution in [0.1, 0.15) is 13.8 Å². The summed E-state index contributed by atoms with van der Waals surface area (Å²) in [6, 6.07) is 14.5. The van der Waals surface area contributed by atoms with Crippen LogP contribution in [0.5, 0.6) is 23.0 Å². The summed E-state index contributed by atoms with van der Waals surface area (Å²) in [5, 5.41) is 13.9. The van der Waals surface area contributed by atoms with Crippen molar-refractivity contribution in [2.24, 2.45) is 20.0 Å². The molecule has 0 amide bonds. The second-order valence-electron chi connectivity index (χ2n) is 11.2. The smallest absolute Gasteiger partial charge is 0.294 e. The maximum atomic E-state index is 13.8. The van der Waals surface area contributed by atoms with Gasteiger partial charge in [0.15, 0.2) is 34.6 Å². The SMILES string of the molecule is CC(C)[C@@H](CO)Nc1ncc2cc(Oc3ccccc3F)c(=O)n(C)c2n1.COOSc1ncc2cc(Oc3ccccc3F)c(=O)n(C)c2n1. The van der Waals surface area contributed by atoms with Crippen LogP contribution in [0.15, 0.2) is 87.8 Å². The van der Waals surface area contributed by atoms with Gasteiger partial charge in [0.25, 0.3) is 11.1 Å². The van der Waals surface area contributed by atoms with Gasteiger partial charge in [-0.3, -0.25) is 18.7 Å². The van der Waals surface area contributed by atoms with Crippen LogP contribution in [0.25, 0.3) is 22.1 Å². The molecule has 0 aliphatic carbocycles. The van der Waals surface area contributed by atoms with E-state index in [-0.39, 0.29) is 46.7 Å². The predicted octanol–water partition coefficient (Wildman–Crippen LogP) is 5.53. The topological polar surface area (TPSA) is 165 Å². The summed E-state index contributed by atoms with van der Waals surface area (Å²) in [6.45, 7) is 3.88. The second kappa shape index (κ2) is 16.5. The highest BCUT2D eigenvalue weighted by molar-refractivity contribution is 7.94. The minimum absolute atomic E-state index is 0.0187. The highest BCUT2D eigenvalue weighted by atomic mass is 32.2. The van der Waals surface area contributed by atoms with Crippen LogP contribution in [-0.4, -0.2) is 53.9 Å². The van der Waals surface area contributed by atoms with Crippen LogP contribution in [0.2, 0.25) is 0 Å². The molecule has 51 heavy (non-hydrogen) atoms. The Labute approximate surface area is 293 Å². The van der Waals surface area contributed by atoms with E-state index in [1.165, 1.54) is 72.0 Å². The lowest BCUT2D eigenvalue weighted by molar-refractivity contribution is -0.160. The molecule has 0 unspecified atom stereocenters. The highest BCUT2D eigenvalue weighted by Gasteiger charge is 2.17. The van der Waals surface area contributed by atoms with Crippen molar-refractivity contribution in [3.05, 3.63) is 105 Å². The van der Waals surface area contributed by atoms with Gasteiger partial charge in [-0.05, 0) is 42.3 Å². The first-order valence-corrected chi connectivity index (χ1v) is 16.1. The number of fused-ring (bicyclic) bond motifs is 2. The van der Waals surface area contributed by atoms with Crippen LogP contribution in [0.3, 0.4) is 0 Å². The van der Waals surface area contributed by atoms with E-state index in [0.29, 0.717) is 28.0 Å². The number of aryl methyl sites for hydroxylation is 2. The third kappa shape index (κ3) is 8.64. The van der Waals surface area contributed by atoms with E-state index in [1.54, 1.807) is 31.4 Å². The zero-order valence-corrected chi connectivity index (χ0v) is 28.9. The van der Waals surface area contributed by atoms with Gasteiger partial charge in [-0.15, -0.1) is 0 Å². The summed E-state index contributed by atoms with van der Waals surface area (Å²) in [5.41, 5.74) is -0.108. The number of pyridine rings is 2. The van der Waals surface area contributed by atoms with Gasteiger partial charge in [-0.2, -0.15) is 9.32 Å². The zero-order valence-electron chi connectivity index (χ0n) is 28.0. The molecular formula is C34H33F2N7O7S. The van der Waals surface area contributed by atoms with Gasteiger partial charge < -0.3 is 19.9 Å². The molecule has 0 saturated heterocycles. The Bertz CT molecular complexity index is 2290. The number of aromatic nitrogens is 6. The van der Waals surface area contributed by atoms with E-state index in [9.17, 15) is 23.5 Å². The van der Waals surface area contributed by atoms with Crippen LogP contribution < -0.4 is 25.9 Å². The Morgan fingerprint density at radius 2 is 1.31 bits per heavy atom. The molecule has 2 N–H and O–H groups in total. The number of hydrogen-bond acceptors (Lipinski definition) is 13. The molecule has 266 valence electrons. The maximum absolute atomic E-state index is 13.8. The van der Waals surface area contributed by atoms with E-state index in [0.717, 1.165) is 12.0 Å². The molecule has 2 aromatic carbocycles. The summed E-state index contributed by atoms with van der Waals surface area (Å²) in [4.78, 5) is 46.4. The van der Waals surface area contributed by atoms with Crippen LogP contribution >= 0.6 is 12.0 Å². The third-order valence-corrected chi connectivity index (χ3v) is 7.96. The van der Waals surface area contributed by atoms with E-state index in [1.807, 2.05) is 13.8 Å². The van der Waals surface area contributed by atoms with Gasteiger partial charge in [0.2, 0.25) is 11.1 Å². The molecule has 0 saturated carbocycles. The highest BCUT2D eigenvalue weighted by Crippen LogP contribution is 2.26. The van der Waals surface area contributed by atoms with Gasteiger partial charge in [-0.1, -0.05) is 38.1 Å². The fourth-order valence-electron chi connectivity index (χ4n) is 4.62. The molecule has 0 spiro atoms. The lowest BCUT2D eigenvalue weighted by Crippen LogP contribution is -2.30. The number of aliphatic hydroxyl groups is 1. The molecule has 6 aromatic rings. The fraction of sp³-hybridized carbons (Fsp3) is 0.235. The lowest BCUT2D eigenvalue weighted by Gasteiger charge is -2.20. The molecule has 0 fully saturated rings. The number of rotatable bonds is 11. The Kier molecular flexibility index (Phi) is 11.9. The molecule has 14 nitrogen and oxygen atoms in total. The summed E-state index contributed by atoms with van der Waals surface area (Å²) < 4.78 is 45.7. The molecule has 4 heterocycles. The molecule has 0 aliphatic heterocycles. The van der Waals surface area contributed by atoms with Crippen LogP contribution in [0.4, 0.5) is 14.7 Å². The molecular weight excluding hydrogens is 688 g/mol. The van der Waals surface area contributed by atoms with Crippen molar-refractivity contribution in [3.63, 3.8) is 0 Å². The summed E-state index contributed by atoms with van der Waals surface area (Å²) >= 11 is 0.818. The molecule has 4 aromatic heterocycles. The number of nitrogens with zero attached hydrogens (tertiary/aromatic N) is 6. The Morgan fingerprint density at radius 1 is 0.804 bits per heavy atom. The summed E-state index contributed by atoms with van der Waals surface area (Å²) in [6.07, 6.45) is 3.06. The number of ether oxygens (including phenoxy) is 2. The van der Waals surface area contributed by atoms with Crippen molar-refractivity contribution in [2.45, 2.75) is 25.0 Å². The molecule has 17 heteroatoms. The van der Waals surface area contributed by atoms with Crippen molar-refractivity contribution in [1.29, 1.82) is 0 Å². The summed E-state index contributed by atoms with van der Waals surface area (Å²) in [7, 11) is 4.45. The van der Waals surface area contributed by atoms with Crippen molar-refractivity contribution < 1.29 is 32.6 Å². The van der Waals surface area contributed by atoms with Crippen molar-refractivity contribution in [1.82, 2.24) is 29.1 Å². The quantitative estimate of drug-likeness (QED) is 0.0743. The van der Waals surface area contributed by atoms with Crippen molar-refractivity contribution in [2.75, 3.05) is 19.0 Å². The summed E-state index contributed by atoms with van der Waals surface area (Å²) in [5.74, 6) is -0.727. The normalized spacial score (nSPS) is 11.7. The predicted molar refractivity (Wildman–Crippen MR) is 186 cm³/mol. The van der Waals surface area contributed by atoms with Gasteiger partial charge in [-0.25, -0.2) is 28.6 Å². The average Bonchev–Trinajstić information content (AvgIpc) is 3.13. The number of hydrogen-bond donors (Lipinski definition) is 2. The van der Waals surface area contributed by atoms with Crippen molar-refractivity contribution >= 4 is 40.1 Å². The molecule has 0 aliphatic rings. The maximum Gasteiger partial charge on any atom is 0.294 e. The lowest BCUT2D eigenvalue weighted by atomic mass is 10.1. The Hall–Kier alpha value is -5.49. The number of aliphatic hydroxyl groups excluding tert-OH is 1. The van der Waals surface area contributed by atoms with Gasteiger partial charge in [0, 0.05) is 37.3 Å². The fourth-order valence-corrected chi connectivity index (χ4v) is 4.97. The number of halogens is 2. The number of benzene rings is 2. The Balaban J connectivity index is 0.000000199.